The van der Waals surface area contributed by atoms with Crippen molar-refractivity contribution in [2.45, 2.75) is 44.0 Å². The molecule has 1 fully saturated rings. The van der Waals surface area contributed by atoms with Crippen LogP contribution in [-0.2, 0) is 16.6 Å². The van der Waals surface area contributed by atoms with Gasteiger partial charge in [0.15, 0.2) is 0 Å². The average molecular weight is 286 g/mol. The highest BCUT2D eigenvalue weighted by molar-refractivity contribution is 7.89. The summed E-state index contributed by atoms with van der Waals surface area (Å²) in [5.74, 6) is 1.14. The Morgan fingerprint density at radius 1 is 1.26 bits per heavy atom. The van der Waals surface area contributed by atoms with E-state index in [1.165, 1.54) is 0 Å². The van der Waals surface area contributed by atoms with Gasteiger partial charge in [-0.15, -0.1) is 0 Å². The number of furan rings is 1. The zero-order chi connectivity index (χ0) is 13.9. The van der Waals surface area contributed by atoms with Crippen LogP contribution in [0.4, 0.5) is 0 Å². The Hall–Kier alpha value is -0.850. The summed E-state index contributed by atoms with van der Waals surface area (Å²) in [7, 11) is -1.60. The first-order chi connectivity index (χ1) is 9.05. The number of rotatable bonds is 4. The number of hydrogen-bond donors (Lipinski definition) is 1. The van der Waals surface area contributed by atoms with Crippen molar-refractivity contribution in [1.29, 1.82) is 0 Å². The first-order valence-corrected chi connectivity index (χ1v) is 8.24. The summed E-state index contributed by atoms with van der Waals surface area (Å²) in [5, 5.41) is 2.96. The van der Waals surface area contributed by atoms with Gasteiger partial charge in [0.2, 0.25) is 10.0 Å². The smallest absolute Gasteiger partial charge is 0.246 e. The third-order valence-electron chi connectivity index (χ3n) is 3.46. The molecule has 0 atom stereocenters. The molecule has 1 aromatic heterocycles. The van der Waals surface area contributed by atoms with E-state index < -0.39 is 10.0 Å². The number of aryl methyl sites for hydroxylation is 1. The number of nitrogens with one attached hydrogen (secondary N) is 1. The Morgan fingerprint density at radius 2 is 1.89 bits per heavy atom. The molecule has 0 bridgehead atoms. The lowest BCUT2D eigenvalue weighted by Crippen LogP contribution is -2.32. The predicted molar refractivity (Wildman–Crippen MR) is 73.4 cm³/mol. The zero-order valence-electron chi connectivity index (χ0n) is 11.6. The van der Waals surface area contributed by atoms with Crippen LogP contribution in [0.1, 0.15) is 37.2 Å². The molecule has 1 aliphatic rings. The van der Waals surface area contributed by atoms with Crippen LogP contribution in [-0.4, -0.2) is 32.9 Å². The van der Waals surface area contributed by atoms with Crippen molar-refractivity contribution in [3.63, 3.8) is 0 Å². The van der Waals surface area contributed by atoms with Gasteiger partial charge in [-0.05, 0) is 26.8 Å². The van der Waals surface area contributed by atoms with Crippen molar-refractivity contribution >= 4 is 10.0 Å². The predicted octanol–water partition coefficient (Wildman–Crippen LogP) is 1.87. The monoisotopic (exact) mass is 286 g/mol. The molecule has 0 aliphatic carbocycles. The van der Waals surface area contributed by atoms with Gasteiger partial charge in [0.1, 0.15) is 16.4 Å². The summed E-state index contributed by atoms with van der Waals surface area (Å²) in [6.07, 6.45) is 4.11. The second kappa shape index (κ2) is 6.07. The highest BCUT2D eigenvalue weighted by Crippen LogP contribution is 2.25. The number of nitrogens with zero attached hydrogens (tertiary/aromatic N) is 1. The summed E-state index contributed by atoms with van der Waals surface area (Å²) in [6, 6.07) is 1.64. The Kier molecular flexibility index (Phi) is 4.65. The third kappa shape index (κ3) is 3.19. The van der Waals surface area contributed by atoms with E-state index in [2.05, 4.69) is 5.32 Å². The topological polar surface area (TPSA) is 62.6 Å². The molecule has 1 aliphatic heterocycles. The van der Waals surface area contributed by atoms with Crippen molar-refractivity contribution in [1.82, 2.24) is 9.62 Å². The maximum absolute atomic E-state index is 12.6. The summed E-state index contributed by atoms with van der Waals surface area (Å²) in [5.41, 5.74) is 0. The second-order valence-corrected chi connectivity index (χ2v) is 6.89. The van der Waals surface area contributed by atoms with Crippen LogP contribution in [0.15, 0.2) is 15.4 Å². The van der Waals surface area contributed by atoms with E-state index in [0.717, 1.165) is 25.7 Å². The molecule has 0 amide bonds. The fourth-order valence-corrected chi connectivity index (χ4v) is 4.17. The number of hydrogen-bond acceptors (Lipinski definition) is 4. The minimum absolute atomic E-state index is 0.319. The Balaban J connectivity index is 2.27. The molecule has 5 nitrogen and oxygen atoms in total. The van der Waals surface area contributed by atoms with Crippen LogP contribution in [0.25, 0.3) is 0 Å². The minimum Gasteiger partial charge on any atom is -0.464 e. The van der Waals surface area contributed by atoms with E-state index >= 15 is 0 Å². The van der Waals surface area contributed by atoms with Gasteiger partial charge >= 0.3 is 0 Å². The van der Waals surface area contributed by atoms with Crippen molar-refractivity contribution in [3.8, 4) is 0 Å². The molecular weight excluding hydrogens is 264 g/mol. The van der Waals surface area contributed by atoms with Crippen molar-refractivity contribution in [2.75, 3.05) is 20.1 Å². The van der Waals surface area contributed by atoms with Gasteiger partial charge in [0.05, 0.1) is 6.54 Å². The molecule has 2 heterocycles. The molecule has 0 saturated carbocycles. The Labute approximate surface area is 115 Å². The van der Waals surface area contributed by atoms with Gasteiger partial charge in [-0.25, -0.2) is 8.42 Å². The van der Waals surface area contributed by atoms with Crippen LogP contribution in [0.3, 0.4) is 0 Å². The first-order valence-electron chi connectivity index (χ1n) is 6.80. The van der Waals surface area contributed by atoms with E-state index in [1.807, 2.05) is 0 Å². The van der Waals surface area contributed by atoms with Crippen molar-refractivity contribution < 1.29 is 12.8 Å². The minimum atomic E-state index is -3.40. The molecule has 2 rings (SSSR count). The summed E-state index contributed by atoms with van der Waals surface area (Å²) >= 11 is 0. The molecule has 1 aromatic rings. The molecule has 0 aromatic carbocycles. The highest BCUT2D eigenvalue weighted by Gasteiger charge is 2.28. The van der Waals surface area contributed by atoms with Crippen LogP contribution < -0.4 is 5.32 Å². The van der Waals surface area contributed by atoms with E-state index in [4.69, 9.17) is 4.42 Å². The number of sulfonamides is 1. The highest BCUT2D eigenvalue weighted by atomic mass is 32.2. The fraction of sp³-hybridized carbons (Fsp3) is 0.692. The van der Waals surface area contributed by atoms with Crippen LogP contribution in [0.2, 0.25) is 0 Å². The normalized spacial score (nSPS) is 18.4. The zero-order valence-corrected chi connectivity index (χ0v) is 12.4. The summed E-state index contributed by atoms with van der Waals surface area (Å²) in [6.45, 7) is 3.49. The van der Waals surface area contributed by atoms with Gasteiger partial charge < -0.3 is 9.73 Å². The maximum Gasteiger partial charge on any atom is 0.246 e. The van der Waals surface area contributed by atoms with E-state index in [1.54, 1.807) is 24.3 Å². The SMILES string of the molecule is CNCc1cc(S(=O)(=O)N2CCCCCC2)c(C)o1. The molecule has 0 spiro atoms. The molecule has 1 N–H and O–H groups in total. The third-order valence-corrected chi connectivity index (χ3v) is 5.46. The lowest BCUT2D eigenvalue weighted by molar-refractivity contribution is 0.420. The summed E-state index contributed by atoms with van der Waals surface area (Å²) in [4.78, 5) is 0.319. The molecule has 0 radical (unpaired) electrons. The molecular formula is C13H22N2O3S. The average Bonchev–Trinajstić information content (AvgIpc) is 2.60. The molecule has 108 valence electrons. The van der Waals surface area contributed by atoms with E-state index in [9.17, 15) is 8.42 Å². The largest absolute Gasteiger partial charge is 0.464 e. The second-order valence-electron chi connectivity index (χ2n) is 4.98. The van der Waals surface area contributed by atoms with Gasteiger partial charge in [-0.2, -0.15) is 4.31 Å². The molecule has 1 saturated heterocycles. The molecule has 19 heavy (non-hydrogen) atoms. The van der Waals surface area contributed by atoms with Gasteiger partial charge in [0, 0.05) is 19.2 Å². The van der Waals surface area contributed by atoms with Gasteiger partial charge in [0.25, 0.3) is 0 Å². The maximum atomic E-state index is 12.6. The lowest BCUT2D eigenvalue weighted by atomic mass is 10.2. The molecule has 6 heteroatoms. The van der Waals surface area contributed by atoms with Gasteiger partial charge in [-0.3, -0.25) is 0 Å². The fourth-order valence-electron chi connectivity index (χ4n) is 2.46. The lowest BCUT2D eigenvalue weighted by Gasteiger charge is -2.19. The van der Waals surface area contributed by atoms with Crippen molar-refractivity contribution in [3.05, 3.63) is 17.6 Å². The van der Waals surface area contributed by atoms with E-state index in [0.29, 0.717) is 36.1 Å². The van der Waals surface area contributed by atoms with Crippen LogP contribution in [0, 0.1) is 6.92 Å². The van der Waals surface area contributed by atoms with Gasteiger partial charge in [-0.1, -0.05) is 12.8 Å². The molecule has 0 unspecified atom stereocenters. The standard InChI is InChI=1S/C13H22N2O3S/c1-11-13(9-12(18-11)10-14-2)19(16,17)15-7-5-3-4-6-8-15/h9,14H,3-8,10H2,1-2H3. The van der Waals surface area contributed by atoms with Crippen molar-refractivity contribution in [2.24, 2.45) is 0 Å². The first kappa shape index (κ1) is 14.6. The summed E-state index contributed by atoms with van der Waals surface area (Å²) < 4.78 is 32.3. The Morgan fingerprint density at radius 3 is 2.47 bits per heavy atom. The van der Waals surface area contributed by atoms with Crippen LogP contribution in [0.5, 0.6) is 0 Å². The van der Waals surface area contributed by atoms with Crippen LogP contribution >= 0.6 is 0 Å². The van der Waals surface area contributed by atoms with E-state index in [-0.39, 0.29) is 0 Å². The quantitative estimate of drug-likeness (QED) is 0.918. The Bertz CT molecular complexity index is 514.